The monoisotopic (exact) mass is 334 g/mol. The number of hydrogen-bond acceptors (Lipinski definition) is 5. The average Bonchev–Trinajstić information content (AvgIpc) is 2.74. The zero-order valence-electron chi connectivity index (χ0n) is 11.7. The molecule has 0 aromatic heterocycles. The molecule has 1 aromatic carbocycles. The van der Waals surface area contributed by atoms with Crippen molar-refractivity contribution in [3.05, 3.63) is 47.4 Å². The van der Waals surface area contributed by atoms with Gasteiger partial charge < -0.3 is 10.5 Å². The molecule has 1 saturated heterocycles. The van der Waals surface area contributed by atoms with Gasteiger partial charge >= 0.3 is 0 Å². The summed E-state index contributed by atoms with van der Waals surface area (Å²) in [6, 6.07) is 7.08. The first kappa shape index (κ1) is 16.3. The van der Waals surface area contributed by atoms with E-state index in [9.17, 15) is 9.59 Å². The molecule has 1 aromatic rings. The summed E-state index contributed by atoms with van der Waals surface area (Å²) in [5.74, 6) is -0.248. The number of ether oxygens (including phenoxy) is 1. The van der Waals surface area contributed by atoms with Crippen LogP contribution in [0.2, 0.25) is 0 Å². The summed E-state index contributed by atoms with van der Waals surface area (Å²) < 4.78 is 5.84. The van der Waals surface area contributed by atoms with Crippen LogP contribution >= 0.6 is 24.0 Å². The van der Waals surface area contributed by atoms with Gasteiger partial charge in [-0.25, -0.2) is 0 Å². The third-order valence-corrected chi connectivity index (χ3v) is 4.14. The molecule has 1 aliphatic rings. The lowest BCUT2D eigenvalue weighted by Crippen LogP contribution is -2.27. The normalized spacial score (nSPS) is 16.2. The highest BCUT2D eigenvalue weighted by molar-refractivity contribution is 8.26. The maximum atomic E-state index is 12.3. The Morgan fingerprint density at radius 3 is 2.86 bits per heavy atom. The van der Waals surface area contributed by atoms with Crippen LogP contribution < -0.4 is 10.5 Å². The van der Waals surface area contributed by atoms with E-state index in [0.29, 0.717) is 27.1 Å². The number of amides is 2. The second-order valence-electron chi connectivity index (χ2n) is 4.37. The van der Waals surface area contributed by atoms with Gasteiger partial charge in [-0.2, -0.15) is 0 Å². The second-order valence-corrected chi connectivity index (χ2v) is 6.05. The third kappa shape index (κ3) is 3.75. The van der Waals surface area contributed by atoms with E-state index in [2.05, 4.69) is 6.58 Å². The predicted octanol–water partition coefficient (Wildman–Crippen LogP) is 1.94. The van der Waals surface area contributed by atoms with Crippen LogP contribution in [-0.4, -0.2) is 34.2 Å². The largest absolute Gasteiger partial charge is 0.483 e. The van der Waals surface area contributed by atoms with Crippen LogP contribution in [0.4, 0.5) is 0 Å². The molecule has 0 atom stereocenters. The van der Waals surface area contributed by atoms with Gasteiger partial charge in [-0.3, -0.25) is 14.5 Å². The molecule has 5 nitrogen and oxygen atoms in total. The van der Waals surface area contributed by atoms with Crippen molar-refractivity contribution in [2.75, 3.05) is 13.2 Å². The zero-order chi connectivity index (χ0) is 16.1. The Kier molecular flexibility index (Phi) is 5.35. The van der Waals surface area contributed by atoms with E-state index in [1.54, 1.807) is 30.4 Å². The number of thioether (sulfide) groups is 1. The number of hydrogen-bond donors (Lipinski definition) is 1. The number of para-hydroxylation sites is 1. The van der Waals surface area contributed by atoms with Crippen LogP contribution in [-0.2, 0) is 9.59 Å². The molecule has 1 fully saturated rings. The van der Waals surface area contributed by atoms with Crippen LogP contribution in [0, 0.1) is 0 Å². The molecular formula is C15H14N2O3S2. The molecule has 0 saturated carbocycles. The molecule has 2 N–H and O–H groups in total. The molecule has 0 spiro atoms. The predicted molar refractivity (Wildman–Crippen MR) is 91.2 cm³/mol. The van der Waals surface area contributed by atoms with Crippen LogP contribution in [0.3, 0.4) is 0 Å². The SMILES string of the molecule is C=CCN1C(=O)/C(=C/c2ccccc2OCC(N)=O)SC1=S. The maximum absolute atomic E-state index is 12.3. The molecule has 114 valence electrons. The Labute approximate surface area is 137 Å². The molecule has 0 unspecified atom stereocenters. The number of rotatable bonds is 6. The lowest BCUT2D eigenvalue weighted by molar-refractivity contribution is -0.122. The number of nitrogens with two attached hydrogens (primary N) is 1. The molecule has 1 aliphatic heterocycles. The number of nitrogens with zero attached hydrogens (tertiary/aromatic N) is 1. The molecule has 0 bridgehead atoms. The third-order valence-electron chi connectivity index (χ3n) is 2.76. The van der Waals surface area contributed by atoms with E-state index < -0.39 is 5.91 Å². The minimum atomic E-state index is -0.563. The summed E-state index contributed by atoms with van der Waals surface area (Å²) >= 11 is 6.41. The molecular weight excluding hydrogens is 320 g/mol. The van der Waals surface area contributed by atoms with Crippen molar-refractivity contribution in [3.63, 3.8) is 0 Å². The first-order chi connectivity index (χ1) is 10.5. The number of primary amides is 1. The van der Waals surface area contributed by atoms with Gasteiger partial charge in [-0.1, -0.05) is 48.3 Å². The van der Waals surface area contributed by atoms with Gasteiger partial charge in [0.15, 0.2) is 6.61 Å². The van der Waals surface area contributed by atoms with E-state index in [1.165, 1.54) is 16.7 Å². The van der Waals surface area contributed by atoms with Crippen molar-refractivity contribution in [2.24, 2.45) is 5.73 Å². The summed E-state index contributed by atoms with van der Waals surface area (Å²) in [4.78, 5) is 25.1. The van der Waals surface area contributed by atoms with Gasteiger partial charge in [0.05, 0.1) is 4.91 Å². The van der Waals surface area contributed by atoms with Crippen molar-refractivity contribution in [3.8, 4) is 5.75 Å². The van der Waals surface area contributed by atoms with Gasteiger partial charge in [0, 0.05) is 12.1 Å². The van der Waals surface area contributed by atoms with Gasteiger partial charge in [0.2, 0.25) is 0 Å². The Morgan fingerprint density at radius 1 is 1.45 bits per heavy atom. The highest BCUT2D eigenvalue weighted by Crippen LogP contribution is 2.34. The lowest BCUT2D eigenvalue weighted by atomic mass is 10.2. The minimum Gasteiger partial charge on any atom is -0.483 e. The summed E-state index contributed by atoms with van der Waals surface area (Å²) in [6.45, 7) is 3.77. The van der Waals surface area contributed by atoms with Crippen molar-refractivity contribution >= 4 is 46.2 Å². The summed E-state index contributed by atoms with van der Waals surface area (Å²) in [7, 11) is 0. The lowest BCUT2D eigenvalue weighted by Gasteiger charge is -2.10. The first-order valence-corrected chi connectivity index (χ1v) is 7.62. The smallest absolute Gasteiger partial charge is 0.266 e. The van der Waals surface area contributed by atoms with Gasteiger partial charge in [0.25, 0.3) is 11.8 Å². The summed E-state index contributed by atoms with van der Waals surface area (Å²) in [5.41, 5.74) is 5.76. The van der Waals surface area contributed by atoms with Crippen LogP contribution in [0.5, 0.6) is 5.75 Å². The van der Waals surface area contributed by atoms with E-state index in [-0.39, 0.29) is 12.5 Å². The van der Waals surface area contributed by atoms with Gasteiger partial charge in [-0.15, -0.1) is 6.58 Å². The Balaban J connectivity index is 2.26. The molecule has 0 radical (unpaired) electrons. The van der Waals surface area contributed by atoms with Crippen molar-refractivity contribution in [2.45, 2.75) is 0 Å². The van der Waals surface area contributed by atoms with Crippen LogP contribution in [0.25, 0.3) is 6.08 Å². The maximum Gasteiger partial charge on any atom is 0.266 e. The average molecular weight is 334 g/mol. The first-order valence-electron chi connectivity index (χ1n) is 6.39. The van der Waals surface area contributed by atoms with Crippen molar-refractivity contribution in [1.82, 2.24) is 4.90 Å². The van der Waals surface area contributed by atoms with Gasteiger partial charge in [-0.05, 0) is 12.1 Å². The zero-order valence-corrected chi connectivity index (χ0v) is 13.3. The van der Waals surface area contributed by atoms with E-state index in [0.717, 1.165) is 0 Å². The quantitative estimate of drug-likeness (QED) is 0.489. The standard InChI is InChI=1S/C15H14N2O3S2/c1-2-7-17-14(19)12(22-15(17)21)8-10-5-3-4-6-11(10)20-9-13(16)18/h2-6,8H,1,7,9H2,(H2,16,18)/b12-8-. The molecule has 0 aliphatic carbocycles. The Bertz CT molecular complexity index is 671. The molecule has 2 rings (SSSR count). The Hall–Kier alpha value is -2.12. The molecule has 1 heterocycles. The fraction of sp³-hybridized carbons (Fsp3) is 0.133. The van der Waals surface area contributed by atoms with Crippen molar-refractivity contribution < 1.29 is 14.3 Å². The molecule has 22 heavy (non-hydrogen) atoms. The Morgan fingerprint density at radius 2 is 2.18 bits per heavy atom. The number of carbonyl (C=O) groups excluding carboxylic acids is 2. The van der Waals surface area contributed by atoms with E-state index in [1.807, 2.05) is 6.07 Å². The second kappa shape index (κ2) is 7.24. The number of thiocarbonyl (C=S) groups is 1. The topological polar surface area (TPSA) is 72.6 Å². The van der Waals surface area contributed by atoms with E-state index in [4.69, 9.17) is 22.7 Å². The van der Waals surface area contributed by atoms with Crippen LogP contribution in [0.15, 0.2) is 41.8 Å². The number of benzene rings is 1. The van der Waals surface area contributed by atoms with E-state index >= 15 is 0 Å². The highest BCUT2D eigenvalue weighted by Gasteiger charge is 2.31. The number of carbonyl (C=O) groups is 2. The molecule has 7 heteroatoms. The molecule has 2 amide bonds. The highest BCUT2D eigenvalue weighted by atomic mass is 32.2. The fourth-order valence-electron chi connectivity index (χ4n) is 1.81. The van der Waals surface area contributed by atoms with Crippen LogP contribution in [0.1, 0.15) is 5.56 Å². The fourth-order valence-corrected chi connectivity index (χ4v) is 3.07. The van der Waals surface area contributed by atoms with Gasteiger partial charge in [0.1, 0.15) is 10.1 Å². The van der Waals surface area contributed by atoms with Crippen molar-refractivity contribution in [1.29, 1.82) is 0 Å². The minimum absolute atomic E-state index is 0.167. The summed E-state index contributed by atoms with van der Waals surface area (Å²) in [6.07, 6.45) is 3.32. The summed E-state index contributed by atoms with van der Waals surface area (Å²) in [5, 5.41) is 0.